The molecule has 0 aliphatic carbocycles. The summed E-state index contributed by atoms with van der Waals surface area (Å²) in [5, 5.41) is 5.80. The van der Waals surface area contributed by atoms with E-state index in [9.17, 15) is 4.79 Å². The van der Waals surface area contributed by atoms with Crippen molar-refractivity contribution >= 4 is 5.91 Å². The predicted molar refractivity (Wildman–Crippen MR) is 63.5 cm³/mol. The van der Waals surface area contributed by atoms with Gasteiger partial charge in [-0.3, -0.25) is 4.79 Å². The van der Waals surface area contributed by atoms with E-state index >= 15 is 0 Å². The first-order chi connectivity index (χ1) is 7.54. The smallest absolute Gasteiger partial charge is 0.239 e. The van der Waals surface area contributed by atoms with Crippen LogP contribution in [0.5, 0.6) is 0 Å². The van der Waals surface area contributed by atoms with E-state index in [1.165, 1.54) is 0 Å². The fourth-order valence-corrected chi connectivity index (χ4v) is 0.955. The van der Waals surface area contributed by atoms with Crippen molar-refractivity contribution in [2.24, 2.45) is 0 Å². The van der Waals surface area contributed by atoms with Gasteiger partial charge in [0.2, 0.25) is 5.91 Å². The molecule has 16 heavy (non-hydrogen) atoms. The predicted octanol–water partition coefficient (Wildman–Crippen LogP) is 0.154. The molecular formula is C11H24N2O3. The topological polar surface area (TPSA) is 59.6 Å². The van der Waals surface area contributed by atoms with Gasteiger partial charge >= 0.3 is 0 Å². The summed E-state index contributed by atoms with van der Waals surface area (Å²) in [6.07, 6.45) is 0.815. The number of rotatable bonds is 9. The normalized spacial score (nSPS) is 11.5. The summed E-state index contributed by atoms with van der Waals surface area (Å²) >= 11 is 0. The zero-order chi connectivity index (χ0) is 12.4. The highest BCUT2D eigenvalue weighted by Gasteiger charge is 2.24. The molecule has 0 aromatic heterocycles. The van der Waals surface area contributed by atoms with Crippen LogP contribution in [0.4, 0.5) is 0 Å². The maximum Gasteiger partial charge on any atom is 0.239 e. The van der Waals surface area contributed by atoms with E-state index in [0.717, 1.165) is 6.42 Å². The number of likely N-dealkylation sites (N-methyl/N-ethyl adjacent to an activating group) is 1. The Bertz CT molecular complexity index is 196. The van der Waals surface area contributed by atoms with Gasteiger partial charge in [-0.05, 0) is 27.3 Å². The Morgan fingerprint density at radius 3 is 2.50 bits per heavy atom. The zero-order valence-electron chi connectivity index (χ0n) is 10.8. The highest BCUT2D eigenvalue weighted by Crippen LogP contribution is 1.99. The second-order valence-corrected chi connectivity index (χ2v) is 4.09. The summed E-state index contributed by atoms with van der Waals surface area (Å²) in [5.41, 5.74) is -0.517. The number of carbonyl (C=O) groups excluding carboxylic acids is 1. The number of hydrogen-bond donors (Lipinski definition) is 2. The molecule has 0 atom stereocenters. The van der Waals surface area contributed by atoms with Crippen molar-refractivity contribution in [3.05, 3.63) is 0 Å². The molecular weight excluding hydrogens is 208 g/mol. The van der Waals surface area contributed by atoms with Crippen LogP contribution < -0.4 is 10.6 Å². The van der Waals surface area contributed by atoms with E-state index in [1.807, 2.05) is 13.8 Å². The molecule has 0 rings (SSSR count). The van der Waals surface area contributed by atoms with Crippen LogP contribution in [0.25, 0.3) is 0 Å². The van der Waals surface area contributed by atoms with E-state index in [1.54, 1.807) is 14.2 Å². The Balaban J connectivity index is 3.42. The lowest BCUT2D eigenvalue weighted by atomic mass is 10.1. The Morgan fingerprint density at radius 2 is 1.94 bits per heavy atom. The number of amides is 1. The lowest BCUT2D eigenvalue weighted by molar-refractivity contribution is -0.126. The minimum absolute atomic E-state index is 0.00638. The first-order valence-corrected chi connectivity index (χ1v) is 5.58. The van der Waals surface area contributed by atoms with Crippen LogP contribution in [-0.4, -0.2) is 52.0 Å². The van der Waals surface area contributed by atoms with Crippen molar-refractivity contribution in [2.45, 2.75) is 25.8 Å². The molecule has 5 nitrogen and oxygen atoms in total. The molecule has 0 heterocycles. The quantitative estimate of drug-likeness (QED) is 0.556. The van der Waals surface area contributed by atoms with Gasteiger partial charge in [0.1, 0.15) is 0 Å². The van der Waals surface area contributed by atoms with Crippen LogP contribution in [0.15, 0.2) is 0 Å². The number of nitrogens with one attached hydrogen (secondary N) is 2. The van der Waals surface area contributed by atoms with Gasteiger partial charge in [0.05, 0.1) is 18.8 Å². The molecule has 96 valence electrons. The fraction of sp³-hybridized carbons (Fsp3) is 0.909. The number of methoxy groups -OCH3 is 1. The molecule has 2 N–H and O–H groups in total. The third-order valence-corrected chi connectivity index (χ3v) is 2.38. The molecule has 0 radical (unpaired) electrons. The highest BCUT2D eigenvalue weighted by atomic mass is 16.5. The zero-order valence-corrected chi connectivity index (χ0v) is 10.8. The van der Waals surface area contributed by atoms with Gasteiger partial charge in [0.25, 0.3) is 0 Å². The summed E-state index contributed by atoms with van der Waals surface area (Å²) in [5.74, 6) is 0.00638. The van der Waals surface area contributed by atoms with Gasteiger partial charge < -0.3 is 20.1 Å². The van der Waals surface area contributed by atoms with Gasteiger partial charge in [-0.25, -0.2) is 0 Å². The van der Waals surface area contributed by atoms with Crippen LogP contribution in [-0.2, 0) is 14.3 Å². The van der Waals surface area contributed by atoms with Crippen molar-refractivity contribution in [1.82, 2.24) is 10.6 Å². The van der Waals surface area contributed by atoms with Crippen LogP contribution in [0.1, 0.15) is 20.3 Å². The van der Waals surface area contributed by atoms with Crippen molar-refractivity contribution in [3.8, 4) is 0 Å². The number of hydrogen-bond acceptors (Lipinski definition) is 4. The first kappa shape index (κ1) is 15.3. The van der Waals surface area contributed by atoms with Gasteiger partial charge in [0.15, 0.2) is 0 Å². The molecule has 0 saturated heterocycles. The average Bonchev–Trinajstić information content (AvgIpc) is 2.27. The van der Waals surface area contributed by atoms with Gasteiger partial charge in [-0.15, -0.1) is 0 Å². The maximum atomic E-state index is 11.6. The summed E-state index contributed by atoms with van der Waals surface area (Å²) in [7, 11) is 3.41. The van der Waals surface area contributed by atoms with E-state index < -0.39 is 5.54 Å². The minimum Gasteiger partial charge on any atom is -0.382 e. The summed E-state index contributed by atoms with van der Waals surface area (Å²) in [4.78, 5) is 11.6. The molecule has 0 fully saturated rings. The molecule has 0 bridgehead atoms. The van der Waals surface area contributed by atoms with Crippen molar-refractivity contribution < 1.29 is 14.3 Å². The fourth-order valence-electron chi connectivity index (χ4n) is 0.955. The van der Waals surface area contributed by atoms with Gasteiger partial charge in [0, 0.05) is 20.3 Å². The minimum atomic E-state index is -0.517. The molecule has 5 heteroatoms. The molecule has 0 unspecified atom stereocenters. The van der Waals surface area contributed by atoms with E-state index in [0.29, 0.717) is 26.4 Å². The van der Waals surface area contributed by atoms with Crippen LogP contribution in [0.3, 0.4) is 0 Å². The van der Waals surface area contributed by atoms with Crippen molar-refractivity contribution in [3.63, 3.8) is 0 Å². The molecule has 0 aromatic carbocycles. The third kappa shape index (κ3) is 6.76. The second kappa shape index (κ2) is 8.50. The van der Waals surface area contributed by atoms with E-state index in [4.69, 9.17) is 9.47 Å². The molecule has 0 aliphatic rings. The van der Waals surface area contributed by atoms with Crippen molar-refractivity contribution in [2.75, 3.05) is 40.5 Å². The lowest BCUT2D eigenvalue weighted by Crippen LogP contribution is -2.51. The highest BCUT2D eigenvalue weighted by molar-refractivity contribution is 5.85. The number of ether oxygens (including phenoxy) is 2. The first-order valence-electron chi connectivity index (χ1n) is 5.58. The Labute approximate surface area is 97.9 Å². The average molecular weight is 232 g/mol. The van der Waals surface area contributed by atoms with Crippen LogP contribution in [0, 0.1) is 0 Å². The van der Waals surface area contributed by atoms with E-state index in [-0.39, 0.29) is 5.91 Å². The SMILES string of the molecule is CNC(C)(C)C(=O)NCCCOCCOC. The number of carbonyl (C=O) groups is 1. The third-order valence-electron chi connectivity index (χ3n) is 2.38. The lowest BCUT2D eigenvalue weighted by Gasteiger charge is -2.22. The van der Waals surface area contributed by atoms with Crippen molar-refractivity contribution in [1.29, 1.82) is 0 Å². The van der Waals surface area contributed by atoms with E-state index in [2.05, 4.69) is 10.6 Å². The monoisotopic (exact) mass is 232 g/mol. The largest absolute Gasteiger partial charge is 0.382 e. The molecule has 0 aliphatic heterocycles. The van der Waals surface area contributed by atoms with Crippen LogP contribution in [0.2, 0.25) is 0 Å². The second-order valence-electron chi connectivity index (χ2n) is 4.09. The molecule has 0 aromatic rings. The summed E-state index contributed by atoms with van der Waals surface area (Å²) < 4.78 is 10.1. The Hall–Kier alpha value is -0.650. The molecule has 1 amide bonds. The molecule has 0 saturated carbocycles. The van der Waals surface area contributed by atoms with Crippen LogP contribution >= 0.6 is 0 Å². The summed E-state index contributed by atoms with van der Waals surface area (Å²) in [6, 6.07) is 0. The van der Waals surface area contributed by atoms with Gasteiger partial charge in [-0.1, -0.05) is 0 Å². The Morgan fingerprint density at radius 1 is 1.25 bits per heavy atom. The summed E-state index contributed by atoms with van der Waals surface area (Å²) in [6.45, 7) is 6.18. The Kier molecular flexibility index (Phi) is 8.15. The maximum absolute atomic E-state index is 11.6. The van der Waals surface area contributed by atoms with Gasteiger partial charge in [-0.2, -0.15) is 0 Å². The molecule has 0 spiro atoms. The standard InChI is InChI=1S/C11H24N2O3/c1-11(2,12-3)10(14)13-6-5-7-16-9-8-15-4/h12H,5-9H2,1-4H3,(H,13,14).